The van der Waals surface area contributed by atoms with E-state index in [9.17, 15) is 9.59 Å². The van der Waals surface area contributed by atoms with Crippen LogP contribution in [0.15, 0.2) is 0 Å². The van der Waals surface area contributed by atoms with Crippen LogP contribution in [0.4, 0.5) is 0 Å². The van der Waals surface area contributed by atoms with E-state index in [0.29, 0.717) is 0 Å². The third kappa shape index (κ3) is 3.96. The second-order valence-electron chi connectivity index (χ2n) is 6.70. The largest absolute Gasteiger partial charge is 0.343 e. The molecule has 1 unspecified atom stereocenters. The predicted octanol–water partition coefficient (Wildman–Crippen LogP) is 1.41. The van der Waals surface area contributed by atoms with Gasteiger partial charge in [-0.15, -0.1) is 0 Å². The van der Waals surface area contributed by atoms with Gasteiger partial charge in [0.15, 0.2) is 0 Å². The number of nitrogens with one attached hydrogen (secondary N) is 1. The lowest BCUT2D eigenvalue weighted by Gasteiger charge is -2.34. The van der Waals surface area contributed by atoms with Crippen molar-refractivity contribution >= 4 is 11.8 Å². The molecule has 3 atom stereocenters. The number of nitrogens with zero attached hydrogens (tertiary/aromatic N) is 1. The molecule has 21 heavy (non-hydrogen) atoms. The van der Waals surface area contributed by atoms with E-state index in [1.165, 1.54) is 6.42 Å². The molecule has 0 aromatic heterocycles. The maximum Gasteiger partial charge on any atom is 0.245 e. The van der Waals surface area contributed by atoms with Gasteiger partial charge < -0.3 is 16.0 Å². The van der Waals surface area contributed by atoms with Gasteiger partial charge in [-0.05, 0) is 45.4 Å². The summed E-state index contributed by atoms with van der Waals surface area (Å²) in [5.41, 5.74) is 5.66. The van der Waals surface area contributed by atoms with E-state index >= 15 is 0 Å². The van der Waals surface area contributed by atoms with Crippen LogP contribution in [0.5, 0.6) is 0 Å². The normalized spacial score (nSPS) is 26.4. The van der Waals surface area contributed by atoms with Gasteiger partial charge in [0.2, 0.25) is 11.8 Å². The molecule has 0 bridgehead atoms. The van der Waals surface area contributed by atoms with E-state index in [1.807, 2.05) is 4.90 Å². The van der Waals surface area contributed by atoms with Crippen molar-refractivity contribution in [3.8, 4) is 0 Å². The maximum absolute atomic E-state index is 12.9. The number of likely N-dealkylation sites (tertiary alicyclic amines) is 1. The van der Waals surface area contributed by atoms with Gasteiger partial charge in [0.25, 0.3) is 0 Å². The number of rotatable bonds is 4. The minimum Gasteiger partial charge on any atom is -0.343 e. The van der Waals surface area contributed by atoms with Gasteiger partial charge >= 0.3 is 0 Å². The Hall–Kier alpha value is -1.10. The average Bonchev–Trinajstić information content (AvgIpc) is 2.90. The van der Waals surface area contributed by atoms with Crippen LogP contribution < -0.4 is 11.1 Å². The first kappa shape index (κ1) is 16.3. The Bertz CT molecular complexity index is 378. The molecule has 2 fully saturated rings. The first-order valence-electron chi connectivity index (χ1n) is 8.37. The summed E-state index contributed by atoms with van der Waals surface area (Å²) in [6.45, 7) is 4.57. The Labute approximate surface area is 127 Å². The summed E-state index contributed by atoms with van der Waals surface area (Å²) in [5.74, 6) is 0.147. The van der Waals surface area contributed by atoms with E-state index in [4.69, 9.17) is 5.73 Å². The fraction of sp³-hybridized carbons (Fsp3) is 0.875. The van der Waals surface area contributed by atoms with Crippen molar-refractivity contribution in [2.24, 2.45) is 11.7 Å². The third-order valence-corrected chi connectivity index (χ3v) is 4.93. The molecule has 120 valence electrons. The van der Waals surface area contributed by atoms with Crippen LogP contribution in [0, 0.1) is 5.92 Å². The second kappa shape index (κ2) is 7.25. The van der Waals surface area contributed by atoms with E-state index < -0.39 is 6.04 Å². The number of carbonyl (C=O) groups excluding carboxylic acids is 2. The van der Waals surface area contributed by atoms with Crippen LogP contribution in [-0.2, 0) is 9.59 Å². The molecule has 2 amide bonds. The molecule has 1 heterocycles. The highest BCUT2D eigenvalue weighted by molar-refractivity contribution is 5.90. The monoisotopic (exact) mass is 295 g/mol. The molecular formula is C16H29N3O2. The van der Waals surface area contributed by atoms with Crippen LogP contribution in [0.1, 0.15) is 58.8 Å². The van der Waals surface area contributed by atoms with Gasteiger partial charge in [-0.3, -0.25) is 9.59 Å². The molecule has 0 radical (unpaired) electrons. The molecule has 0 spiro atoms. The fourth-order valence-corrected chi connectivity index (χ4v) is 3.57. The zero-order chi connectivity index (χ0) is 15.4. The van der Waals surface area contributed by atoms with Crippen molar-refractivity contribution in [3.05, 3.63) is 0 Å². The lowest BCUT2D eigenvalue weighted by molar-refractivity contribution is -0.139. The molecule has 2 rings (SSSR count). The van der Waals surface area contributed by atoms with E-state index in [0.717, 1.165) is 45.1 Å². The molecular weight excluding hydrogens is 266 g/mol. The van der Waals surface area contributed by atoms with Crippen molar-refractivity contribution in [3.63, 3.8) is 0 Å². The highest BCUT2D eigenvalue weighted by Crippen LogP contribution is 2.29. The van der Waals surface area contributed by atoms with Crippen LogP contribution >= 0.6 is 0 Å². The van der Waals surface area contributed by atoms with Crippen LogP contribution in [-0.4, -0.2) is 41.4 Å². The van der Waals surface area contributed by atoms with Gasteiger partial charge in [-0.25, -0.2) is 0 Å². The summed E-state index contributed by atoms with van der Waals surface area (Å²) in [5, 5.41) is 2.93. The first-order valence-corrected chi connectivity index (χ1v) is 8.37. The van der Waals surface area contributed by atoms with Crippen molar-refractivity contribution in [2.75, 3.05) is 6.54 Å². The van der Waals surface area contributed by atoms with Crippen molar-refractivity contribution < 1.29 is 9.59 Å². The summed E-state index contributed by atoms with van der Waals surface area (Å²) < 4.78 is 0. The fourth-order valence-electron chi connectivity index (χ4n) is 3.57. The highest BCUT2D eigenvalue weighted by atomic mass is 16.2. The molecule has 5 heteroatoms. The standard InChI is InChI=1S/C16H29N3O2/c1-11-7-6-10-19(11)16(21)14(18-15(20)12(2)17)13-8-4-3-5-9-13/h11-14H,3-10,17H2,1-2H3,(H,18,20)/t11-,12?,14+/m1/s1. The lowest BCUT2D eigenvalue weighted by Crippen LogP contribution is -2.55. The topological polar surface area (TPSA) is 75.4 Å². The number of hydrogen-bond acceptors (Lipinski definition) is 3. The Balaban J connectivity index is 2.09. The first-order chi connectivity index (χ1) is 10.0. The van der Waals surface area contributed by atoms with E-state index in [2.05, 4.69) is 12.2 Å². The minimum absolute atomic E-state index is 0.0981. The summed E-state index contributed by atoms with van der Waals surface area (Å²) >= 11 is 0. The Kier molecular flexibility index (Phi) is 5.62. The van der Waals surface area contributed by atoms with Crippen molar-refractivity contribution in [1.29, 1.82) is 0 Å². The summed E-state index contributed by atoms with van der Waals surface area (Å²) in [6, 6.07) is -0.667. The SMILES string of the molecule is CC(N)C(=O)N[C@H](C(=O)N1CCC[C@H]1C)C1CCCCC1. The van der Waals surface area contributed by atoms with E-state index in [-0.39, 0.29) is 29.8 Å². The number of nitrogens with two attached hydrogens (primary N) is 1. The number of carbonyl (C=O) groups is 2. The van der Waals surface area contributed by atoms with Crippen molar-refractivity contribution in [1.82, 2.24) is 10.2 Å². The van der Waals surface area contributed by atoms with Crippen molar-refractivity contribution in [2.45, 2.75) is 76.9 Å². The quantitative estimate of drug-likeness (QED) is 0.823. The Morgan fingerprint density at radius 3 is 2.33 bits per heavy atom. The predicted molar refractivity (Wildman–Crippen MR) is 82.6 cm³/mol. The van der Waals surface area contributed by atoms with Crippen LogP contribution in [0.25, 0.3) is 0 Å². The van der Waals surface area contributed by atoms with Gasteiger partial charge in [0, 0.05) is 12.6 Å². The summed E-state index contributed by atoms with van der Waals surface area (Å²) in [7, 11) is 0. The van der Waals surface area contributed by atoms with Gasteiger partial charge in [0.05, 0.1) is 6.04 Å². The average molecular weight is 295 g/mol. The summed E-state index contributed by atoms with van der Waals surface area (Å²) in [4.78, 5) is 26.8. The number of hydrogen-bond donors (Lipinski definition) is 2. The third-order valence-electron chi connectivity index (χ3n) is 4.93. The molecule has 0 aromatic rings. The molecule has 3 N–H and O–H groups in total. The Morgan fingerprint density at radius 1 is 1.14 bits per heavy atom. The number of amides is 2. The van der Waals surface area contributed by atoms with Crippen LogP contribution in [0.3, 0.4) is 0 Å². The molecule has 1 aliphatic heterocycles. The van der Waals surface area contributed by atoms with Crippen LogP contribution in [0.2, 0.25) is 0 Å². The Morgan fingerprint density at radius 2 is 1.81 bits per heavy atom. The van der Waals surface area contributed by atoms with E-state index in [1.54, 1.807) is 6.92 Å². The minimum atomic E-state index is -0.570. The maximum atomic E-state index is 12.9. The molecule has 5 nitrogen and oxygen atoms in total. The second-order valence-corrected chi connectivity index (χ2v) is 6.70. The molecule has 1 saturated carbocycles. The zero-order valence-corrected chi connectivity index (χ0v) is 13.3. The lowest BCUT2D eigenvalue weighted by atomic mass is 9.83. The molecule has 1 aliphatic carbocycles. The highest BCUT2D eigenvalue weighted by Gasteiger charge is 2.37. The van der Waals surface area contributed by atoms with Gasteiger partial charge in [-0.2, -0.15) is 0 Å². The molecule has 1 saturated heterocycles. The zero-order valence-electron chi connectivity index (χ0n) is 13.3. The molecule has 0 aromatic carbocycles. The smallest absolute Gasteiger partial charge is 0.245 e. The van der Waals surface area contributed by atoms with Gasteiger partial charge in [0.1, 0.15) is 6.04 Å². The summed E-state index contributed by atoms with van der Waals surface area (Å²) in [6.07, 6.45) is 7.71. The molecule has 2 aliphatic rings. The van der Waals surface area contributed by atoms with Gasteiger partial charge in [-0.1, -0.05) is 19.3 Å².